The summed E-state index contributed by atoms with van der Waals surface area (Å²) < 4.78 is 5.38. The van der Waals surface area contributed by atoms with E-state index in [0.29, 0.717) is 3.57 Å². The summed E-state index contributed by atoms with van der Waals surface area (Å²) in [5.74, 6) is -3.10. The smallest absolute Gasteiger partial charge is 0.364 e. The van der Waals surface area contributed by atoms with Gasteiger partial charge in [-0.25, -0.2) is 9.59 Å². The molecular weight excluding hydrogens is 559 g/mol. The van der Waals surface area contributed by atoms with Crippen LogP contribution < -0.4 is 9.47 Å². The van der Waals surface area contributed by atoms with Gasteiger partial charge < -0.3 is 9.47 Å². The molecule has 0 aliphatic heterocycles. The van der Waals surface area contributed by atoms with Gasteiger partial charge >= 0.3 is 11.9 Å². The highest BCUT2D eigenvalue weighted by molar-refractivity contribution is 14.1. The summed E-state index contributed by atoms with van der Waals surface area (Å²) in [4.78, 5) is 23.3. The molecule has 0 unspecified atom stereocenters. The number of ether oxygens (including phenoxy) is 2. The van der Waals surface area contributed by atoms with E-state index in [-0.39, 0.29) is 16.5 Å². The van der Waals surface area contributed by atoms with Crippen LogP contribution in [-0.2, 0) is 9.59 Å². The van der Waals surface area contributed by atoms with Crippen LogP contribution in [-0.4, -0.2) is 19.5 Å². The van der Waals surface area contributed by atoms with E-state index in [1.165, 1.54) is 12.1 Å². The van der Waals surface area contributed by atoms with Crippen LogP contribution in [0.2, 0.25) is 5.02 Å². The molecule has 0 radical (unpaired) electrons. The standard InChI is InChI=1S/C10H2Cl7IO4/c11-3-1-2-4(18)6(22-8(20)10(15,16)17)5(3)21-7(19)9(12,13)14/h1-2H. The van der Waals surface area contributed by atoms with Gasteiger partial charge in [0.05, 0.1) is 8.59 Å². The summed E-state index contributed by atoms with van der Waals surface area (Å²) in [6.45, 7) is 0. The van der Waals surface area contributed by atoms with Gasteiger partial charge in [0.25, 0.3) is 7.59 Å². The van der Waals surface area contributed by atoms with Crippen LogP contribution >= 0.6 is 104 Å². The molecule has 0 atom stereocenters. The Hall–Kier alpha value is 0.920. The van der Waals surface area contributed by atoms with Crippen molar-refractivity contribution in [2.75, 3.05) is 0 Å². The number of halogens is 8. The molecule has 0 aromatic heterocycles. The Balaban J connectivity index is 3.25. The number of rotatable bonds is 2. The lowest BCUT2D eigenvalue weighted by atomic mass is 10.3. The van der Waals surface area contributed by atoms with E-state index in [2.05, 4.69) is 0 Å². The lowest BCUT2D eigenvalue weighted by Gasteiger charge is -2.17. The molecule has 22 heavy (non-hydrogen) atoms. The molecule has 0 saturated heterocycles. The third kappa shape index (κ3) is 5.77. The van der Waals surface area contributed by atoms with Gasteiger partial charge in [0, 0.05) is 0 Å². The molecule has 1 rings (SSSR count). The van der Waals surface area contributed by atoms with Crippen molar-refractivity contribution in [2.45, 2.75) is 7.59 Å². The summed E-state index contributed by atoms with van der Waals surface area (Å²) in [6, 6.07) is 2.84. The Morgan fingerprint density at radius 2 is 1.27 bits per heavy atom. The normalized spacial score (nSPS) is 12.0. The first kappa shape index (κ1) is 21.0. The van der Waals surface area contributed by atoms with Crippen LogP contribution in [0, 0.1) is 3.57 Å². The van der Waals surface area contributed by atoms with Gasteiger partial charge in [-0.3, -0.25) is 0 Å². The third-order valence-electron chi connectivity index (χ3n) is 1.87. The molecule has 0 aliphatic carbocycles. The fourth-order valence-corrected chi connectivity index (χ4v) is 1.96. The Morgan fingerprint density at radius 1 is 0.864 bits per heavy atom. The predicted molar refractivity (Wildman–Crippen MR) is 96.0 cm³/mol. The van der Waals surface area contributed by atoms with Crippen LogP contribution in [0.15, 0.2) is 12.1 Å². The number of esters is 2. The summed E-state index contributed by atoms with van der Waals surface area (Å²) in [5.41, 5.74) is 0. The predicted octanol–water partition coefficient (Wildman–Crippen LogP) is 5.50. The molecule has 0 saturated carbocycles. The van der Waals surface area contributed by atoms with Crippen LogP contribution in [0.25, 0.3) is 0 Å². The van der Waals surface area contributed by atoms with Crippen LogP contribution in [0.5, 0.6) is 11.5 Å². The Labute approximate surface area is 173 Å². The van der Waals surface area contributed by atoms with E-state index in [1.807, 2.05) is 0 Å². The fourth-order valence-electron chi connectivity index (χ4n) is 1.01. The van der Waals surface area contributed by atoms with Crippen LogP contribution in [0.3, 0.4) is 0 Å². The minimum atomic E-state index is -2.36. The second kappa shape index (κ2) is 7.87. The number of carbonyl (C=O) groups excluding carboxylic acids is 2. The Morgan fingerprint density at radius 3 is 1.68 bits per heavy atom. The van der Waals surface area contributed by atoms with E-state index in [9.17, 15) is 9.59 Å². The summed E-state index contributed by atoms with van der Waals surface area (Å²) >= 11 is 40.1. The largest absolute Gasteiger partial charge is 0.418 e. The highest BCUT2D eigenvalue weighted by Crippen LogP contribution is 2.42. The van der Waals surface area contributed by atoms with Crippen molar-refractivity contribution in [2.24, 2.45) is 0 Å². The van der Waals surface area contributed by atoms with Gasteiger partial charge in [-0.15, -0.1) is 0 Å². The molecule has 0 heterocycles. The van der Waals surface area contributed by atoms with E-state index >= 15 is 0 Å². The summed E-state index contributed by atoms with van der Waals surface area (Å²) in [7, 11) is 0. The summed E-state index contributed by atoms with van der Waals surface area (Å²) in [5, 5.41) is -0.0878. The van der Waals surface area contributed by atoms with Crippen molar-refractivity contribution in [3.05, 3.63) is 20.7 Å². The highest BCUT2D eigenvalue weighted by Gasteiger charge is 2.37. The lowest BCUT2D eigenvalue weighted by Crippen LogP contribution is -2.27. The Kier molecular flexibility index (Phi) is 7.50. The number of hydrogen-bond acceptors (Lipinski definition) is 4. The fraction of sp³-hybridized carbons (Fsp3) is 0.200. The number of benzene rings is 1. The molecule has 12 heteroatoms. The minimum absolute atomic E-state index is 0.0878. The van der Waals surface area contributed by atoms with Gasteiger partial charge in [0.1, 0.15) is 0 Å². The monoisotopic (exact) mass is 558 g/mol. The average Bonchev–Trinajstić information content (AvgIpc) is 2.35. The molecule has 0 aliphatic rings. The van der Waals surface area contributed by atoms with Gasteiger partial charge in [0.2, 0.25) is 0 Å². The zero-order chi connectivity index (χ0) is 17.3. The quantitative estimate of drug-likeness (QED) is 0.207. The molecule has 0 spiro atoms. The van der Waals surface area contributed by atoms with Crippen molar-refractivity contribution >= 4 is 116 Å². The number of hydrogen-bond donors (Lipinski definition) is 0. The molecular formula is C10H2Cl7IO4. The average molecular weight is 561 g/mol. The van der Waals surface area contributed by atoms with Gasteiger partial charge in [-0.2, -0.15) is 0 Å². The summed E-state index contributed by atoms with van der Waals surface area (Å²) in [6.07, 6.45) is 0. The van der Waals surface area contributed by atoms with E-state index < -0.39 is 19.5 Å². The first-order valence-corrected chi connectivity index (χ1v) is 8.62. The number of carbonyl (C=O) groups is 2. The second-order valence-electron chi connectivity index (χ2n) is 3.46. The molecule has 0 N–H and O–H groups in total. The Bertz CT molecular complexity index is 556. The van der Waals surface area contributed by atoms with Crippen molar-refractivity contribution in [1.82, 2.24) is 0 Å². The molecule has 0 amide bonds. The van der Waals surface area contributed by atoms with Crippen molar-refractivity contribution < 1.29 is 19.1 Å². The van der Waals surface area contributed by atoms with Crippen LogP contribution in [0.4, 0.5) is 0 Å². The maximum atomic E-state index is 11.6. The number of alkyl halides is 6. The van der Waals surface area contributed by atoms with E-state index in [1.54, 1.807) is 22.6 Å². The maximum Gasteiger partial charge on any atom is 0.364 e. The maximum absolute atomic E-state index is 11.6. The molecule has 122 valence electrons. The highest BCUT2D eigenvalue weighted by atomic mass is 127. The van der Waals surface area contributed by atoms with Crippen molar-refractivity contribution in [1.29, 1.82) is 0 Å². The van der Waals surface area contributed by atoms with Crippen molar-refractivity contribution in [3.63, 3.8) is 0 Å². The van der Waals surface area contributed by atoms with E-state index in [4.69, 9.17) is 90.7 Å². The third-order valence-corrected chi connectivity index (χ3v) is 3.94. The van der Waals surface area contributed by atoms with Gasteiger partial charge in [0.15, 0.2) is 11.5 Å². The zero-order valence-corrected chi connectivity index (χ0v) is 17.3. The van der Waals surface area contributed by atoms with Crippen LogP contribution in [0.1, 0.15) is 0 Å². The second-order valence-corrected chi connectivity index (χ2v) is 9.59. The topological polar surface area (TPSA) is 52.6 Å². The first-order chi connectivity index (χ1) is 9.84. The zero-order valence-electron chi connectivity index (χ0n) is 9.81. The lowest BCUT2D eigenvalue weighted by molar-refractivity contribution is -0.136. The molecule has 1 aromatic rings. The molecule has 0 bridgehead atoms. The van der Waals surface area contributed by atoms with E-state index in [0.717, 1.165) is 0 Å². The minimum Gasteiger partial charge on any atom is -0.418 e. The van der Waals surface area contributed by atoms with Gasteiger partial charge in [-0.1, -0.05) is 81.2 Å². The molecule has 0 fully saturated rings. The SMILES string of the molecule is O=C(Oc1c(Cl)ccc(I)c1OC(=O)C(Cl)(Cl)Cl)C(Cl)(Cl)Cl. The van der Waals surface area contributed by atoms with Gasteiger partial charge in [-0.05, 0) is 34.7 Å². The van der Waals surface area contributed by atoms with Crippen molar-refractivity contribution in [3.8, 4) is 11.5 Å². The molecule has 4 nitrogen and oxygen atoms in total. The first-order valence-electron chi connectivity index (χ1n) is 4.90. The molecule has 1 aromatic carbocycles.